The highest BCUT2D eigenvalue weighted by atomic mass is 16.2. The van der Waals surface area contributed by atoms with Gasteiger partial charge in [-0.05, 0) is 81.9 Å². The summed E-state index contributed by atoms with van der Waals surface area (Å²) < 4.78 is 1.80. The molecular formula is C21H28N4O. The smallest absolute Gasteiger partial charge is 0.253 e. The van der Waals surface area contributed by atoms with Crippen molar-refractivity contribution in [3.05, 3.63) is 48.3 Å². The van der Waals surface area contributed by atoms with E-state index < -0.39 is 0 Å². The first-order chi connectivity index (χ1) is 12.5. The number of carbonyl (C=O) groups is 1. The normalized spacial score (nSPS) is 27.7. The number of fused-ring (bicyclic) bond motifs is 1. The molecule has 1 aromatic heterocycles. The number of carbonyl (C=O) groups excluding carboxylic acids is 1. The predicted molar refractivity (Wildman–Crippen MR) is 102 cm³/mol. The van der Waals surface area contributed by atoms with E-state index in [1.807, 2.05) is 48.5 Å². The second-order valence-corrected chi connectivity index (χ2v) is 8.15. The molecule has 0 N–H and O–H groups in total. The van der Waals surface area contributed by atoms with Gasteiger partial charge in [0.2, 0.25) is 0 Å². The van der Waals surface area contributed by atoms with Crippen LogP contribution in [0.15, 0.2) is 42.7 Å². The van der Waals surface area contributed by atoms with E-state index in [1.165, 1.54) is 12.8 Å². The van der Waals surface area contributed by atoms with Crippen LogP contribution in [0.4, 0.5) is 0 Å². The van der Waals surface area contributed by atoms with E-state index in [-0.39, 0.29) is 5.91 Å². The molecule has 138 valence electrons. The molecule has 0 spiro atoms. The number of amides is 1. The Labute approximate surface area is 155 Å². The van der Waals surface area contributed by atoms with Gasteiger partial charge in [-0.25, -0.2) is 4.68 Å². The number of hydrogen-bond acceptors (Lipinski definition) is 3. The standard InChI is InChI=1S/C21H28N4O/c1-23(2)19-11-16-13-20(14-17(16)12-19)24(3)21(26)15-5-7-18(8-6-15)25-10-4-9-22-25/h4-10,16-17,19-20H,11-14H2,1-3H3/t16-,17+,19?,20?. The van der Waals surface area contributed by atoms with Crippen molar-refractivity contribution in [3.8, 4) is 5.69 Å². The van der Waals surface area contributed by atoms with Gasteiger partial charge in [-0.1, -0.05) is 0 Å². The van der Waals surface area contributed by atoms with E-state index in [9.17, 15) is 4.79 Å². The van der Waals surface area contributed by atoms with Crippen LogP contribution in [0.3, 0.4) is 0 Å². The minimum Gasteiger partial charge on any atom is -0.339 e. The van der Waals surface area contributed by atoms with Gasteiger partial charge in [-0.3, -0.25) is 4.79 Å². The van der Waals surface area contributed by atoms with Gasteiger partial charge in [0.1, 0.15) is 0 Å². The maximum atomic E-state index is 12.9. The van der Waals surface area contributed by atoms with Gasteiger partial charge in [-0.15, -0.1) is 0 Å². The average molecular weight is 352 g/mol. The Balaban J connectivity index is 1.40. The highest BCUT2D eigenvalue weighted by molar-refractivity contribution is 5.94. The molecule has 0 saturated heterocycles. The molecule has 1 amide bonds. The maximum absolute atomic E-state index is 12.9. The lowest BCUT2D eigenvalue weighted by atomic mass is 10.0. The van der Waals surface area contributed by atoms with Crippen molar-refractivity contribution < 1.29 is 4.79 Å². The number of rotatable bonds is 4. The first kappa shape index (κ1) is 17.3. The molecule has 5 nitrogen and oxygen atoms in total. The van der Waals surface area contributed by atoms with E-state index in [0.29, 0.717) is 6.04 Å². The highest BCUT2D eigenvalue weighted by Crippen LogP contribution is 2.46. The van der Waals surface area contributed by atoms with Crippen LogP contribution in [0.5, 0.6) is 0 Å². The summed E-state index contributed by atoms with van der Waals surface area (Å²) in [6.45, 7) is 0. The fourth-order valence-electron chi connectivity index (χ4n) is 4.84. The molecule has 26 heavy (non-hydrogen) atoms. The van der Waals surface area contributed by atoms with Gasteiger partial charge >= 0.3 is 0 Å². The molecule has 5 heteroatoms. The Bertz CT molecular complexity index is 739. The van der Waals surface area contributed by atoms with Crippen molar-refractivity contribution in [2.24, 2.45) is 11.8 Å². The Morgan fingerprint density at radius 1 is 1.00 bits per heavy atom. The summed E-state index contributed by atoms with van der Waals surface area (Å²) in [7, 11) is 6.34. The van der Waals surface area contributed by atoms with E-state index in [4.69, 9.17) is 0 Å². The fourth-order valence-corrected chi connectivity index (χ4v) is 4.84. The minimum atomic E-state index is 0.131. The van der Waals surface area contributed by atoms with Crippen LogP contribution in [-0.4, -0.2) is 58.7 Å². The second-order valence-electron chi connectivity index (χ2n) is 8.15. The van der Waals surface area contributed by atoms with Crippen molar-refractivity contribution in [2.45, 2.75) is 37.8 Å². The molecule has 2 aliphatic rings. The summed E-state index contributed by atoms with van der Waals surface area (Å²) in [6, 6.07) is 10.7. The monoisotopic (exact) mass is 352 g/mol. The van der Waals surface area contributed by atoms with Gasteiger partial charge in [-0.2, -0.15) is 5.10 Å². The topological polar surface area (TPSA) is 41.4 Å². The molecule has 2 unspecified atom stereocenters. The van der Waals surface area contributed by atoms with Crippen molar-refractivity contribution in [3.63, 3.8) is 0 Å². The summed E-state index contributed by atoms with van der Waals surface area (Å²) >= 11 is 0. The summed E-state index contributed by atoms with van der Waals surface area (Å²) in [6.07, 6.45) is 8.54. The SMILES string of the molecule is CN(C)C1C[C@@H]2CC(N(C)C(=O)c3ccc(-n4cccn4)cc3)C[C@@H]2C1. The van der Waals surface area contributed by atoms with Gasteiger partial charge < -0.3 is 9.80 Å². The largest absolute Gasteiger partial charge is 0.339 e. The van der Waals surface area contributed by atoms with Crippen molar-refractivity contribution in [1.82, 2.24) is 19.6 Å². The Morgan fingerprint density at radius 3 is 2.15 bits per heavy atom. The molecule has 4 atom stereocenters. The summed E-state index contributed by atoms with van der Waals surface area (Å²) in [5, 5.41) is 4.23. The highest BCUT2D eigenvalue weighted by Gasteiger charge is 2.44. The van der Waals surface area contributed by atoms with Crippen LogP contribution in [-0.2, 0) is 0 Å². The van der Waals surface area contributed by atoms with Crippen LogP contribution < -0.4 is 0 Å². The molecule has 2 aromatic rings. The number of hydrogen-bond donors (Lipinski definition) is 0. The average Bonchev–Trinajstić information content (AvgIpc) is 3.36. The van der Waals surface area contributed by atoms with Crippen LogP contribution in [0, 0.1) is 11.8 Å². The fraction of sp³-hybridized carbons (Fsp3) is 0.524. The summed E-state index contributed by atoms with van der Waals surface area (Å²) in [5.74, 6) is 1.70. The zero-order valence-electron chi connectivity index (χ0n) is 15.9. The summed E-state index contributed by atoms with van der Waals surface area (Å²) in [4.78, 5) is 17.3. The van der Waals surface area contributed by atoms with Gasteiger partial charge in [0.05, 0.1) is 5.69 Å². The van der Waals surface area contributed by atoms with Crippen LogP contribution in [0.1, 0.15) is 36.0 Å². The van der Waals surface area contributed by atoms with E-state index in [0.717, 1.165) is 42.0 Å². The van der Waals surface area contributed by atoms with Gasteiger partial charge in [0, 0.05) is 37.1 Å². The molecule has 1 aromatic carbocycles. The van der Waals surface area contributed by atoms with Gasteiger partial charge in [0.15, 0.2) is 0 Å². The lowest BCUT2D eigenvalue weighted by molar-refractivity contribution is 0.0726. The van der Waals surface area contributed by atoms with E-state index >= 15 is 0 Å². The molecule has 0 bridgehead atoms. The maximum Gasteiger partial charge on any atom is 0.253 e. The lowest BCUT2D eigenvalue weighted by Crippen LogP contribution is -2.36. The minimum absolute atomic E-state index is 0.131. The zero-order valence-corrected chi connectivity index (χ0v) is 15.9. The van der Waals surface area contributed by atoms with Crippen molar-refractivity contribution in [1.29, 1.82) is 0 Å². The van der Waals surface area contributed by atoms with Crippen molar-refractivity contribution >= 4 is 5.91 Å². The van der Waals surface area contributed by atoms with E-state index in [2.05, 4.69) is 24.1 Å². The lowest BCUT2D eigenvalue weighted by Gasteiger charge is -2.27. The number of benzene rings is 1. The predicted octanol–water partition coefficient (Wildman–Crippen LogP) is 3.06. The molecule has 1 heterocycles. The Hall–Kier alpha value is -2.14. The molecular weight excluding hydrogens is 324 g/mol. The number of nitrogens with zero attached hydrogens (tertiary/aromatic N) is 4. The third-order valence-electron chi connectivity index (χ3n) is 6.45. The van der Waals surface area contributed by atoms with E-state index in [1.54, 1.807) is 10.9 Å². The third-order valence-corrected chi connectivity index (χ3v) is 6.45. The summed E-state index contributed by atoms with van der Waals surface area (Å²) in [5.41, 5.74) is 1.73. The molecule has 0 radical (unpaired) electrons. The van der Waals surface area contributed by atoms with Crippen molar-refractivity contribution in [2.75, 3.05) is 21.1 Å². The van der Waals surface area contributed by atoms with Crippen LogP contribution in [0.25, 0.3) is 5.69 Å². The molecule has 2 fully saturated rings. The zero-order chi connectivity index (χ0) is 18.3. The van der Waals surface area contributed by atoms with Crippen LogP contribution >= 0.6 is 0 Å². The molecule has 2 aliphatic carbocycles. The third kappa shape index (κ3) is 3.16. The van der Waals surface area contributed by atoms with Crippen LogP contribution in [0.2, 0.25) is 0 Å². The Morgan fingerprint density at radius 2 is 1.62 bits per heavy atom. The first-order valence-corrected chi connectivity index (χ1v) is 9.56. The number of aromatic nitrogens is 2. The van der Waals surface area contributed by atoms with Gasteiger partial charge in [0.25, 0.3) is 5.91 Å². The quantitative estimate of drug-likeness (QED) is 0.849. The molecule has 0 aliphatic heterocycles. The Kier molecular flexibility index (Phi) is 4.57. The molecule has 2 saturated carbocycles. The second kappa shape index (κ2) is 6.88. The first-order valence-electron chi connectivity index (χ1n) is 9.56. The molecule has 4 rings (SSSR count).